The van der Waals surface area contributed by atoms with Crippen LogP contribution in [0.2, 0.25) is 0 Å². The van der Waals surface area contributed by atoms with E-state index in [1.54, 1.807) is 0 Å². The van der Waals surface area contributed by atoms with Crippen molar-refractivity contribution in [1.82, 2.24) is 10.2 Å². The maximum atomic E-state index is 13.4. The first-order valence-electron chi connectivity index (χ1n) is 4.92. The monoisotopic (exact) mass is 295 g/mol. The van der Waals surface area contributed by atoms with Gasteiger partial charge in [-0.2, -0.15) is 13.2 Å². The van der Waals surface area contributed by atoms with E-state index in [2.05, 4.69) is 15.5 Å². The molecule has 0 radical (unpaired) electrons. The van der Waals surface area contributed by atoms with Crippen molar-refractivity contribution in [2.75, 3.05) is 5.32 Å². The second-order valence-corrected chi connectivity index (χ2v) is 3.72. The van der Waals surface area contributed by atoms with Crippen LogP contribution in [0.3, 0.4) is 0 Å². The summed E-state index contributed by atoms with van der Waals surface area (Å²) in [6, 6.07) is 1.71. The standard InChI is InChI=1S/C10H6ClF4N3O/c11-4-8-17-18-9(19-8)16-7-3-5(10(13,14)15)1-2-6(7)12/h1-3H,4H2,(H,16,18). The highest BCUT2D eigenvalue weighted by molar-refractivity contribution is 6.16. The Morgan fingerprint density at radius 2 is 2.00 bits per heavy atom. The molecular formula is C10H6ClF4N3O. The van der Waals surface area contributed by atoms with Crippen molar-refractivity contribution < 1.29 is 22.0 Å². The molecule has 0 aliphatic heterocycles. The van der Waals surface area contributed by atoms with Crippen molar-refractivity contribution in [3.63, 3.8) is 0 Å². The molecule has 2 aromatic rings. The molecule has 0 atom stereocenters. The van der Waals surface area contributed by atoms with E-state index in [1.807, 2.05) is 0 Å². The second kappa shape index (κ2) is 5.04. The lowest BCUT2D eigenvalue weighted by Crippen LogP contribution is -2.06. The highest BCUT2D eigenvalue weighted by Gasteiger charge is 2.31. The highest BCUT2D eigenvalue weighted by Crippen LogP contribution is 2.32. The topological polar surface area (TPSA) is 51.0 Å². The zero-order valence-corrected chi connectivity index (χ0v) is 9.89. The molecular weight excluding hydrogens is 290 g/mol. The SMILES string of the molecule is Fc1ccc(C(F)(F)F)cc1Nc1nnc(CCl)o1. The fourth-order valence-electron chi connectivity index (χ4n) is 1.27. The first-order valence-corrected chi connectivity index (χ1v) is 5.45. The van der Waals surface area contributed by atoms with Gasteiger partial charge in [0.05, 0.1) is 11.3 Å². The summed E-state index contributed by atoms with van der Waals surface area (Å²) in [4.78, 5) is 0. The van der Waals surface area contributed by atoms with Crippen LogP contribution in [-0.4, -0.2) is 10.2 Å². The van der Waals surface area contributed by atoms with Gasteiger partial charge in [0, 0.05) is 0 Å². The van der Waals surface area contributed by atoms with Crippen LogP contribution in [0.5, 0.6) is 0 Å². The molecule has 9 heteroatoms. The van der Waals surface area contributed by atoms with Gasteiger partial charge < -0.3 is 9.73 Å². The van der Waals surface area contributed by atoms with Gasteiger partial charge in [0.25, 0.3) is 0 Å². The number of nitrogens with one attached hydrogen (secondary N) is 1. The zero-order chi connectivity index (χ0) is 14.0. The van der Waals surface area contributed by atoms with E-state index in [-0.39, 0.29) is 17.8 Å². The molecule has 19 heavy (non-hydrogen) atoms. The van der Waals surface area contributed by atoms with E-state index in [0.29, 0.717) is 18.2 Å². The summed E-state index contributed by atoms with van der Waals surface area (Å²) < 4.78 is 55.7. The van der Waals surface area contributed by atoms with Crippen LogP contribution in [0.4, 0.5) is 29.3 Å². The Hall–Kier alpha value is -1.83. The average Bonchev–Trinajstić information content (AvgIpc) is 2.78. The van der Waals surface area contributed by atoms with Gasteiger partial charge in [-0.15, -0.1) is 16.7 Å². The summed E-state index contributed by atoms with van der Waals surface area (Å²) in [5, 5.41) is 9.20. The number of benzene rings is 1. The molecule has 1 aromatic heterocycles. The minimum Gasteiger partial charge on any atom is -0.407 e. The van der Waals surface area contributed by atoms with Gasteiger partial charge in [-0.05, 0) is 18.2 Å². The number of anilines is 2. The smallest absolute Gasteiger partial charge is 0.407 e. The third kappa shape index (κ3) is 3.14. The lowest BCUT2D eigenvalue weighted by atomic mass is 10.2. The molecule has 0 spiro atoms. The Morgan fingerprint density at radius 1 is 1.26 bits per heavy atom. The van der Waals surface area contributed by atoms with Crippen molar-refractivity contribution >= 4 is 23.3 Å². The minimum atomic E-state index is -4.57. The highest BCUT2D eigenvalue weighted by atomic mass is 35.5. The summed E-state index contributed by atoms with van der Waals surface area (Å²) in [7, 11) is 0. The molecule has 0 saturated carbocycles. The molecule has 0 bridgehead atoms. The Kier molecular flexibility index (Phi) is 3.61. The quantitative estimate of drug-likeness (QED) is 0.693. The first kappa shape index (κ1) is 13.6. The summed E-state index contributed by atoms with van der Waals surface area (Å²) in [5.41, 5.74) is -1.41. The number of hydrogen-bond acceptors (Lipinski definition) is 4. The van der Waals surface area contributed by atoms with Crippen LogP contribution >= 0.6 is 11.6 Å². The van der Waals surface area contributed by atoms with Gasteiger partial charge in [0.2, 0.25) is 5.89 Å². The zero-order valence-electron chi connectivity index (χ0n) is 9.13. The summed E-state index contributed by atoms with van der Waals surface area (Å²) >= 11 is 5.41. The maximum Gasteiger partial charge on any atom is 0.416 e. The molecule has 102 valence electrons. The van der Waals surface area contributed by atoms with E-state index < -0.39 is 23.2 Å². The summed E-state index contributed by atoms with van der Waals surface area (Å²) in [6.45, 7) is 0. The van der Waals surface area contributed by atoms with E-state index in [4.69, 9.17) is 16.0 Å². The van der Waals surface area contributed by atoms with E-state index in [0.717, 1.165) is 0 Å². The Morgan fingerprint density at radius 3 is 2.58 bits per heavy atom. The van der Waals surface area contributed by atoms with Gasteiger partial charge in [0.1, 0.15) is 11.7 Å². The van der Waals surface area contributed by atoms with E-state index >= 15 is 0 Å². The fraction of sp³-hybridized carbons (Fsp3) is 0.200. The van der Waals surface area contributed by atoms with Crippen molar-refractivity contribution in [1.29, 1.82) is 0 Å². The first-order chi connectivity index (χ1) is 8.90. The molecule has 0 aliphatic carbocycles. The molecule has 0 saturated heterocycles. The molecule has 4 nitrogen and oxygen atoms in total. The molecule has 1 N–H and O–H groups in total. The van der Waals surface area contributed by atoms with Crippen molar-refractivity contribution in [2.24, 2.45) is 0 Å². The predicted octanol–water partition coefficient (Wildman–Crippen LogP) is 3.71. The summed E-state index contributed by atoms with van der Waals surface area (Å²) in [5.74, 6) is -0.866. The third-order valence-corrected chi connectivity index (χ3v) is 2.35. The fourth-order valence-corrected chi connectivity index (χ4v) is 1.38. The minimum absolute atomic E-state index is 0.0558. The lowest BCUT2D eigenvalue weighted by Gasteiger charge is -2.09. The average molecular weight is 296 g/mol. The van der Waals surface area contributed by atoms with Gasteiger partial charge in [0.15, 0.2) is 0 Å². The Labute approximate surface area is 109 Å². The lowest BCUT2D eigenvalue weighted by molar-refractivity contribution is -0.137. The van der Waals surface area contributed by atoms with Crippen LogP contribution in [0, 0.1) is 5.82 Å². The van der Waals surface area contributed by atoms with Crippen LogP contribution in [0.15, 0.2) is 22.6 Å². The second-order valence-electron chi connectivity index (χ2n) is 3.45. The third-order valence-electron chi connectivity index (χ3n) is 2.12. The largest absolute Gasteiger partial charge is 0.416 e. The Balaban J connectivity index is 2.28. The number of hydrogen-bond donors (Lipinski definition) is 1. The van der Waals surface area contributed by atoms with Gasteiger partial charge in [-0.3, -0.25) is 0 Å². The number of aromatic nitrogens is 2. The van der Waals surface area contributed by atoms with Crippen LogP contribution in [0.1, 0.15) is 11.5 Å². The van der Waals surface area contributed by atoms with Gasteiger partial charge >= 0.3 is 12.2 Å². The Bertz CT molecular complexity index is 584. The van der Waals surface area contributed by atoms with Crippen LogP contribution in [0.25, 0.3) is 0 Å². The van der Waals surface area contributed by atoms with Crippen molar-refractivity contribution in [3.8, 4) is 0 Å². The van der Waals surface area contributed by atoms with Gasteiger partial charge in [-0.1, -0.05) is 5.10 Å². The molecule has 0 unspecified atom stereocenters. The molecule has 1 heterocycles. The molecule has 1 aromatic carbocycles. The van der Waals surface area contributed by atoms with Crippen molar-refractivity contribution in [2.45, 2.75) is 12.1 Å². The van der Waals surface area contributed by atoms with Crippen LogP contribution in [-0.2, 0) is 12.1 Å². The number of alkyl halides is 4. The molecule has 0 amide bonds. The predicted molar refractivity (Wildman–Crippen MR) is 58.5 cm³/mol. The normalized spacial score (nSPS) is 11.6. The van der Waals surface area contributed by atoms with Crippen molar-refractivity contribution in [3.05, 3.63) is 35.5 Å². The van der Waals surface area contributed by atoms with E-state index in [1.165, 1.54) is 0 Å². The maximum absolute atomic E-state index is 13.4. The molecule has 0 aliphatic rings. The molecule has 2 rings (SSSR count). The molecule has 0 fully saturated rings. The van der Waals surface area contributed by atoms with Crippen LogP contribution < -0.4 is 5.32 Å². The van der Waals surface area contributed by atoms with Gasteiger partial charge in [-0.25, -0.2) is 4.39 Å². The number of nitrogens with zero attached hydrogens (tertiary/aromatic N) is 2. The van der Waals surface area contributed by atoms with E-state index in [9.17, 15) is 17.6 Å². The number of rotatable bonds is 3. The number of halogens is 5. The summed E-state index contributed by atoms with van der Waals surface area (Å²) in [6.07, 6.45) is -4.57.